The molecule has 1 saturated carbocycles. The van der Waals surface area contributed by atoms with Crippen LogP contribution in [0.4, 0.5) is 17.6 Å². The van der Waals surface area contributed by atoms with Crippen molar-refractivity contribution in [2.24, 2.45) is 0 Å². The SMILES string of the molecule is CCc1ccc(F)cc1C1(CC(O)(CO)C(F)(F)F)CC1. The summed E-state index contributed by atoms with van der Waals surface area (Å²) < 4.78 is 52.3. The molecule has 1 fully saturated rings. The fourth-order valence-electron chi connectivity index (χ4n) is 2.85. The predicted molar refractivity (Wildman–Crippen MR) is 69.4 cm³/mol. The fourth-order valence-corrected chi connectivity index (χ4v) is 2.85. The van der Waals surface area contributed by atoms with Crippen molar-refractivity contribution in [3.63, 3.8) is 0 Å². The van der Waals surface area contributed by atoms with Gasteiger partial charge in [0.25, 0.3) is 0 Å². The molecule has 118 valence electrons. The van der Waals surface area contributed by atoms with Crippen molar-refractivity contribution in [2.45, 2.75) is 49.8 Å². The third-order valence-corrected chi connectivity index (χ3v) is 4.30. The minimum Gasteiger partial charge on any atom is -0.393 e. The molecule has 1 atom stereocenters. The van der Waals surface area contributed by atoms with Crippen LogP contribution >= 0.6 is 0 Å². The quantitative estimate of drug-likeness (QED) is 0.821. The zero-order valence-corrected chi connectivity index (χ0v) is 11.7. The molecule has 0 spiro atoms. The Morgan fingerprint density at radius 1 is 1.24 bits per heavy atom. The van der Waals surface area contributed by atoms with Gasteiger partial charge in [0, 0.05) is 0 Å². The van der Waals surface area contributed by atoms with Crippen LogP contribution in [0.1, 0.15) is 37.3 Å². The number of alkyl halides is 3. The second kappa shape index (κ2) is 5.25. The van der Waals surface area contributed by atoms with Gasteiger partial charge < -0.3 is 10.2 Å². The van der Waals surface area contributed by atoms with E-state index in [0.717, 1.165) is 5.56 Å². The van der Waals surface area contributed by atoms with Crippen molar-refractivity contribution >= 4 is 0 Å². The number of halogens is 4. The standard InChI is InChI=1S/C15H18F4O2/c1-2-10-3-4-11(16)7-12(10)13(5-6-13)8-14(21,9-20)15(17,18)19/h3-4,7,20-21H,2,5-6,8-9H2,1H3. The summed E-state index contributed by atoms with van der Waals surface area (Å²) in [6.07, 6.45) is -4.10. The highest BCUT2D eigenvalue weighted by Gasteiger charge is 2.60. The molecule has 0 amide bonds. The van der Waals surface area contributed by atoms with Crippen molar-refractivity contribution in [1.82, 2.24) is 0 Å². The first kappa shape index (κ1) is 16.2. The van der Waals surface area contributed by atoms with Gasteiger partial charge in [0.1, 0.15) is 5.82 Å². The van der Waals surface area contributed by atoms with Gasteiger partial charge in [-0.2, -0.15) is 13.2 Å². The maximum Gasteiger partial charge on any atom is 0.419 e. The number of aliphatic hydroxyl groups is 2. The van der Waals surface area contributed by atoms with Gasteiger partial charge in [-0.05, 0) is 54.4 Å². The molecular weight excluding hydrogens is 288 g/mol. The second-order valence-corrected chi connectivity index (χ2v) is 5.80. The van der Waals surface area contributed by atoms with E-state index in [-0.39, 0.29) is 0 Å². The number of hydrogen-bond acceptors (Lipinski definition) is 2. The van der Waals surface area contributed by atoms with E-state index in [1.807, 2.05) is 6.92 Å². The van der Waals surface area contributed by atoms with Gasteiger partial charge in [-0.15, -0.1) is 0 Å². The Hall–Kier alpha value is -1.14. The minimum absolute atomic E-state index is 0.446. The maximum atomic E-state index is 13.5. The van der Waals surface area contributed by atoms with E-state index in [4.69, 9.17) is 5.11 Å². The van der Waals surface area contributed by atoms with Crippen molar-refractivity contribution in [1.29, 1.82) is 0 Å². The van der Waals surface area contributed by atoms with Gasteiger partial charge in [-0.3, -0.25) is 0 Å². The monoisotopic (exact) mass is 306 g/mol. The normalized spacial score (nSPS) is 20.1. The molecule has 0 heterocycles. The molecule has 1 aliphatic rings. The Bertz CT molecular complexity index is 523. The molecule has 0 bridgehead atoms. The Morgan fingerprint density at radius 2 is 1.86 bits per heavy atom. The lowest BCUT2D eigenvalue weighted by molar-refractivity contribution is -0.275. The molecule has 6 heteroatoms. The first-order valence-electron chi connectivity index (χ1n) is 6.86. The number of aryl methyl sites for hydroxylation is 1. The van der Waals surface area contributed by atoms with Crippen LogP contribution in [0, 0.1) is 5.82 Å². The molecule has 0 aliphatic heterocycles. The lowest BCUT2D eigenvalue weighted by Crippen LogP contribution is -2.50. The third kappa shape index (κ3) is 2.92. The first-order valence-corrected chi connectivity index (χ1v) is 6.86. The smallest absolute Gasteiger partial charge is 0.393 e. The molecule has 1 aromatic carbocycles. The van der Waals surface area contributed by atoms with Crippen LogP contribution in [-0.4, -0.2) is 28.6 Å². The lowest BCUT2D eigenvalue weighted by Gasteiger charge is -2.33. The lowest BCUT2D eigenvalue weighted by atomic mass is 9.80. The van der Waals surface area contributed by atoms with Crippen molar-refractivity contribution in [3.8, 4) is 0 Å². The topological polar surface area (TPSA) is 40.5 Å². The van der Waals surface area contributed by atoms with Gasteiger partial charge >= 0.3 is 6.18 Å². The van der Waals surface area contributed by atoms with Crippen LogP contribution in [0.5, 0.6) is 0 Å². The van der Waals surface area contributed by atoms with Crippen LogP contribution in [0.3, 0.4) is 0 Å². The highest BCUT2D eigenvalue weighted by molar-refractivity contribution is 5.39. The molecule has 0 radical (unpaired) electrons. The molecule has 1 aromatic rings. The molecule has 1 unspecified atom stereocenters. The highest BCUT2D eigenvalue weighted by Crippen LogP contribution is 2.56. The number of aliphatic hydroxyl groups excluding tert-OH is 1. The van der Waals surface area contributed by atoms with Crippen LogP contribution < -0.4 is 0 Å². The van der Waals surface area contributed by atoms with E-state index in [1.54, 1.807) is 6.07 Å². The second-order valence-electron chi connectivity index (χ2n) is 5.80. The maximum absolute atomic E-state index is 13.5. The summed E-state index contributed by atoms with van der Waals surface area (Å²) in [6, 6.07) is 4.09. The Labute approximate surface area is 120 Å². The molecule has 2 N–H and O–H groups in total. The molecular formula is C15H18F4O2. The zero-order chi connectivity index (χ0) is 15.9. The van der Waals surface area contributed by atoms with Crippen LogP contribution in [-0.2, 0) is 11.8 Å². The Kier molecular flexibility index (Phi) is 4.06. The fraction of sp³-hybridized carbons (Fsp3) is 0.600. The van der Waals surface area contributed by atoms with E-state index < -0.39 is 36.0 Å². The summed E-state index contributed by atoms with van der Waals surface area (Å²) in [5.41, 5.74) is -2.76. The molecule has 2 rings (SSSR count). The summed E-state index contributed by atoms with van der Waals surface area (Å²) in [5.74, 6) is -0.506. The Morgan fingerprint density at radius 3 is 2.29 bits per heavy atom. The minimum atomic E-state index is -4.92. The summed E-state index contributed by atoms with van der Waals surface area (Å²) in [4.78, 5) is 0. The average molecular weight is 306 g/mol. The molecule has 2 nitrogen and oxygen atoms in total. The molecule has 21 heavy (non-hydrogen) atoms. The number of hydrogen-bond donors (Lipinski definition) is 2. The van der Waals surface area contributed by atoms with Crippen LogP contribution in [0.25, 0.3) is 0 Å². The zero-order valence-electron chi connectivity index (χ0n) is 11.7. The van der Waals surface area contributed by atoms with E-state index >= 15 is 0 Å². The summed E-state index contributed by atoms with van der Waals surface area (Å²) in [5, 5.41) is 18.8. The number of benzene rings is 1. The van der Waals surface area contributed by atoms with Gasteiger partial charge in [-0.25, -0.2) is 4.39 Å². The summed E-state index contributed by atoms with van der Waals surface area (Å²) in [7, 11) is 0. The molecule has 0 saturated heterocycles. The van der Waals surface area contributed by atoms with Gasteiger partial charge in [-0.1, -0.05) is 13.0 Å². The van der Waals surface area contributed by atoms with Crippen LogP contribution in [0.2, 0.25) is 0 Å². The largest absolute Gasteiger partial charge is 0.419 e. The summed E-state index contributed by atoms with van der Waals surface area (Å²) >= 11 is 0. The van der Waals surface area contributed by atoms with E-state index in [1.165, 1.54) is 12.1 Å². The highest BCUT2D eigenvalue weighted by atomic mass is 19.4. The first-order chi connectivity index (χ1) is 9.67. The van der Waals surface area contributed by atoms with Gasteiger partial charge in [0.05, 0.1) is 6.61 Å². The predicted octanol–water partition coefficient (Wildman–Crippen LogP) is 3.10. The van der Waals surface area contributed by atoms with Gasteiger partial charge in [0.2, 0.25) is 0 Å². The van der Waals surface area contributed by atoms with Gasteiger partial charge in [0.15, 0.2) is 5.60 Å². The summed E-state index contributed by atoms with van der Waals surface area (Å²) in [6.45, 7) is 0.448. The Balaban J connectivity index is 2.38. The van der Waals surface area contributed by atoms with E-state index in [0.29, 0.717) is 24.8 Å². The van der Waals surface area contributed by atoms with Crippen molar-refractivity contribution < 1.29 is 27.8 Å². The van der Waals surface area contributed by atoms with E-state index in [9.17, 15) is 22.7 Å². The molecule has 1 aliphatic carbocycles. The van der Waals surface area contributed by atoms with Crippen molar-refractivity contribution in [3.05, 3.63) is 35.1 Å². The average Bonchev–Trinajstić information content (AvgIpc) is 3.18. The number of rotatable bonds is 5. The third-order valence-electron chi connectivity index (χ3n) is 4.30. The van der Waals surface area contributed by atoms with E-state index in [2.05, 4.69) is 0 Å². The molecule has 0 aromatic heterocycles. The van der Waals surface area contributed by atoms with Crippen molar-refractivity contribution in [2.75, 3.05) is 6.61 Å². The van der Waals surface area contributed by atoms with Crippen LogP contribution in [0.15, 0.2) is 18.2 Å².